The molecule has 0 aromatic heterocycles. The number of halogens is 1. The molecule has 156 valence electrons. The van der Waals surface area contributed by atoms with Crippen molar-refractivity contribution in [3.63, 3.8) is 0 Å². The van der Waals surface area contributed by atoms with Crippen LogP contribution < -0.4 is 14.5 Å². The molecule has 6 nitrogen and oxygen atoms in total. The molecule has 0 radical (unpaired) electrons. The second-order valence-corrected chi connectivity index (χ2v) is 9.40. The standard InChI is InChI=1S/C21H25FN2O4S/c22-14-10-16-20(11-15(14)23-6-8-29-9-7-23)27-12-17-19(28-21(26)24(16)17)5-4-18(25)13-2-1-3-13/h10-11,13,17,19H,1-9,12H2/t17-,19-/m1/s1. The Labute approximate surface area is 173 Å². The van der Waals surface area contributed by atoms with E-state index < -0.39 is 12.2 Å². The van der Waals surface area contributed by atoms with E-state index in [1.807, 2.05) is 16.7 Å². The molecule has 1 aliphatic carbocycles. The lowest BCUT2D eigenvalue weighted by atomic mass is 9.80. The van der Waals surface area contributed by atoms with Crippen molar-refractivity contribution >= 4 is 35.0 Å². The minimum atomic E-state index is -0.484. The van der Waals surface area contributed by atoms with Crippen molar-refractivity contribution in [2.75, 3.05) is 41.0 Å². The molecule has 2 saturated heterocycles. The van der Waals surface area contributed by atoms with E-state index in [-0.39, 0.29) is 23.6 Å². The predicted molar refractivity (Wildman–Crippen MR) is 110 cm³/mol. The number of hydrogen-bond acceptors (Lipinski definition) is 6. The van der Waals surface area contributed by atoms with Crippen molar-refractivity contribution < 1.29 is 23.5 Å². The number of anilines is 2. The molecule has 4 aliphatic rings. The molecular formula is C21H25FN2O4S. The molecule has 3 fully saturated rings. The average Bonchev–Trinajstić information content (AvgIpc) is 3.01. The van der Waals surface area contributed by atoms with E-state index in [0.29, 0.717) is 36.6 Å². The van der Waals surface area contributed by atoms with Crippen molar-refractivity contribution in [1.82, 2.24) is 0 Å². The first-order chi connectivity index (χ1) is 14.1. The van der Waals surface area contributed by atoms with Crippen molar-refractivity contribution in [1.29, 1.82) is 0 Å². The Morgan fingerprint density at radius 3 is 2.72 bits per heavy atom. The topological polar surface area (TPSA) is 59.1 Å². The maximum Gasteiger partial charge on any atom is 0.415 e. The Balaban J connectivity index is 1.33. The molecule has 29 heavy (non-hydrogen) atoms. The molecule has 0 bridgehead atoms. The van der Waals surface area contributed by atoms with E-state index in [1.165, 1.54) is 11.0 Å². The third-order valence-electron chi connectivity index (χ3n) is 6.49. The van der Waals surface area contributed by atoms with Gasteiger partial charge in [-0.05, 0) is 19.3 Å². The second-order valence-electron chi connectivity index (χ2n) is 8.17. The van der Waals surface area contributed by atoms with Crippen molar-refractivity contribution in [3.8, 4) is 5.75 Å². The van der Waals surface area contributed by atoms with Gasteiger partial charge in [0.15, 0.2) is 0 Å². The minimum Gasteiger partial charge on any atom is -0.489 e. The number of cyclic esters (lactones) is 1. The molecule has 1 aromatic rings. The Morgan fingerprint density at radius 2 is 2.00 bits per heavy atom. The van der Waals surface area contributed by atoms with Crippen LogP contribution in [0.4, 0.5) is 20.6 Å². The third-order valence-corrected chi connectivity index (χ3v) is 7.44. The molecular weight excluding hydrogens is 395 g/mol. The first-order valence-electron chi connectivity index (χ1n) is 10.4. The maximum absolute atomic E-state index is 14.9. The number of Topliss-reactive ketones (excluding diaryl/α,β-unsaturated/α-hetero) is 1. The Kier molecular flexibility index (Phi) is 5.05. The quantitative estimate of drug-likeness (QED) is 0.725. The van der Waals surface area contributed by atoms with Gasteiger partial charge >= 0.3 is 6.09 Å². The zero-order chi connectivity index (χ0) is 20.0. The SMILES string of the molecule is O=C(CC[C@H]1OC(=O)N2c3cc(F)c(N4CCSCC4)cc3OC[C@H]12)C1CCC1. The monoisotopic (exact) mass is 420 g/mol. The van der Waals surface area contributed by atoms with Crippen LogP contribution in [0.15, 0.2) is 12.1 Å². The van der Waals surface area contributed by atoms with Crippen LogP contribution in [0, 0.1) is 11.7 Å². The van der Waals surface area contributed by atoms with Gasteiger partial charge in [-0.3, -0.25) is 9.69 Å². The van der Waals surface area contributed by atoms with Crippen molar-refractivity contribution in [3.05, 3.63) is 17.9 Å². The highest BCUT2D eigenvalue weighted by molar-refractivity contribution is 7.99. The average molecular weight is 421 g/mol. The van der Waals surface area contributed by atoms with Gasteiger partial charge in [-0.15, -0.1) is 0 Å². The highest BCUT2D eigenvalue weighted by Gasteiger charge is 2.47. The fourth-order valence-electron chi connectivity index (χ4n) is 4.55. The molecule has 1 saturated carbocycles. The Hall–Kier alpha value is -1.96. The summed E-state index contributed by atoms with van der Waals surface area (Å²) in [5.41, 5.74) is 0.949. The Morgan fingerprint density at radius 1 is 1.21 bits per heavy atom. The fourth-order valence-corrected chi connectivity index (χ4v) is 5.46. The smallest absolute Gasteiger partial charge is 0.415 e. The lowest BCUT2D eigenvalue weighted by Gasteiger charge is -2.34. The van der Waals surface area contributed by atoms with Gasteiger partial charge in [-0.1, -0.05) is 6.42 Å². The van der Waals surface area contributed by atoms with Gasteiger partial charge in [0.05, 0.1) is 11.4 Å². The van der Waals surface area contributed by atoms with E-state index in [4.69, 9.17) is 9.47 Å². The summed E-state index contributed by atoms with van der Waals surface area (Å²) in [5.74, 6) is 2.55. The van der Waals surface area contributed by atoms with Gasteiger partial charge in [-0.2, -0.15) is 11.8 Å². The first kappa shape index (κ1) is 19.0. The molecule has 3 aliphatic heterocycles. The largest absolute Gasteiger partial charge is 0.489 e. The van der Waals surface area contributed by atoms with Crippen LogP contribution in [0.1, 0.15) is 32.1 Å². The molecule has 0 unspecified atom stereocenters. The number of benzene rings is 1. The number of carbonyl (C=O) groups is 2. The summed E-state index contributed by atoms with van der Waals surface area (Å²) >= 11 is 1.87. The predicted octanol–water partition coefficient (Wildman–Crippen LogP) is 3.61. The highest BCUT2D eigenvalue weighted by atomic mass is 32.2. The second kappa shape index (κ2) is 7.70. The van der Waals surface area contributed by atoms with Crippen LogP contribution in [0.2, 0.25) is 0 Å². The van der Waals surface area contributed by atoms with Gasteiger partial charge in [0, 0.05) is 49.1 Å². The molecule has 1 amide bonds. The third kappa shape index (κ3) is 3.45. The fraction of sp³-hybridized carbons (Fsp3) is 0.619. The summed E-state index contributed by atoms with van der Waals surface area (Å²) in [6.07, 6.45) is 3.11. The molecule has 5 rings (SSSR count). The van der Waals surface area contributed by atoms with E-state index in [9.17, 15) is 14.0 Å². The maximum atomic E-state index is 14.9. The molecule has 2 atom stereocenters. The van der Waals surface area contributed by atoms with Crippen molar-refractivity contribution in [2.45, 2.75) is 44.2 Å². The van der Waals surface area contributed by atoms with Gasteiger partial charge in [0.2, 0.25) is 0 Å². The number of carbonyl (C=O) groups excluding carboxylic acids is 2. The summed E-state index contributed by atoms with van der Waals surface area (Å²) in [6, 6.07) is 2.78. The highest BCUT2D eigenvalue weighted by Crippen LogP contribution is 2.43. The molecule has 1 aromatic carbocycles. The minimum absolute atomic E-state index is 0.187. The number of nitrogens with zero attached hydrogens (tertiary/aromatic N) is 2. The number of fused-ring (bicyclic) bond motifs is 3. The van der Waals surface area contributed by atoms with E-state index >= 15 is 0 Å². The number of ketones is 1. The van der Waals surface area contributed by atoms with Crippen LogP contribution in [-0.2, 0) is 9.53 Å². The lowest BCUT2D eigenvalue weighted by molar-refractivity contribution is -0.125. The van der Waals surface area contributed by atoms with Gasteiger partial charge in [0.1, 0.15) is 36.1 Å². The number of amides is 1. The van der Waals surface area contributed by atoms with E-state index in [0.717, 1.165) is 43.9 Å². The molecule has 0 spiro atoms. The van der Waals surface area contributed by atoms with E-state index in [1.54, 1.807) is 6.07 Å². The van der Waals surface area contributed by atoms with Gasteiger partial charge < -0.3 is 14.4 Å². The summed E-state index contributed by atoms with van der Waals surface area (Å²) in [7, 11) is 0. The van der Waals surface area contributed by atoms with Gasteiger partial charge in [0.25, 0.3) is 0 Å². The van der Waals surface area contributed by atoms with Crippen LogP contribution >= 0.6 is 11.8 Å². The summed E-state index contributed by atoms with van der Waals surface area (Å²) in [6.45, 7) is 1.89. The summed E-state index contributed by atoms with van der Waals surface area (Å²) in [5, 5.41) is 0. The van der Waals surface area contributed by atoms with Crippen LogP contribution in [0.25, 0.3) is 0 Å². The number of rotatable bonds is 5. The Bertz CT molecular complexity index is 825. The molecule has 0 N–H and O–H groups in total. The molecule has 3 heterocycles. The molecule has 8 heteroatoms. The van der Waals surface area contributed by atoms with Crippen LogP contribution in [0.3, 0.4) is 0 Å². The first-order valence-corrected chi connectivity index (χ1v) is 11.6. The van der Waals surface area contributed by atoms with E-state index in [2.05, 4.69) is 0 Å². The van der Waals surface area contributed by atoms with Crippen molar-refractivity contribution in [2.24, 2.45) is 5.92 Å². The number of thioether (sulfide) groups is 1. The summed E-state index contributed by atoms with van der Waals surface area (Å²) in [4.78, 5) is 28.3. The zero-order valence-corrected chi connectivity index (χ0v) is 17.1. The van der Waals surface area contributed by atoms with Crippen LogP contribution in [-0.4, -0.2) is 55.2 Å². The number of hydrogen-bond donors (Lipinski definition) is 0. The number of ether oxygens (including phenoxy) is 2. The zero-order valence-electron chi connectivity index (χ0n) is 16.3. The van der Waals surface area contributed by atoms with Gasteiger partial charge in [-0.25, -0.2) is 9.18 Å². The van der Waals surface area contributed by atoms with Crippen LogP contribution in [0.5, 0.6) is 5.75 Å². The lowest BCUT2D eigenvalue weighted by Crippen LogP contribution is -2.45. The summed E-state index contributed by atoms with van der Waals surface area (Å²) < 4.78 is 26.4. The normalized spacial score (nSPS) is 26.3.